The van der Waals surface area contributed by atoms with Gasteiger partial charge in [0.05, 0.1) is 43.1 Å². The number of nitrogens with one attached hydrogen (secondary N) is 1. The van der Waals surface area contributed by atoms with Crippen LogP contribution in [-0.4, -0.2) is 59.4 Å². The van der Waals surface area contributed by atoms with Gasteiger partial charge in [-0.2, -0.15) is 5.01 Å². The van der Waals surface area contributed by atoms with Gasteiger partial charge in [-0.15, -0.1) is 0 Å². The van der Waals surface area contributed by atoms with Gasteiger partial charge in [0.25, 0.3) is 11.8 Å². The molecule has 7 rings (SSSR count). The van der Waals surface area contributed by atoms with Crippen LogP contribution in [0.3, 0.4) is 0 Å². The predicted octanol–water partition coefficient (Wildman–Crippen LogP) is 5.21. The Kier molecular flexibility index (Phi) is 7.70. The molecule has 6 atom stereocenters. The number of methoxy groups -OCH3 is 2. The van der Waals surface area contributed by atoms with Gasteiger partial charge in [0.2, 0.25) is 17.6 Å². The molecule has 1 saturated carbocycles. The van der Waals surface area contributed by atoms with Gasteiger partial charge >= 0.3 is 0 Å². The van der Waals surface area contributed by atoms with Gasteiger partial charge in [0.15, 0.2) is 11.5 Å². The number of imide groups is 2. The second-order valence-electron chi connectivity index (χ2n) is 12.6. The van der Waals surface area contributed by atoms with Crippen molar-refractivity contribution < 1.29 is 38.1 Å². The van der Waals surface area contributed by atoms with Crippen LogP contribution in [0.5, 0.6) is 17.2 Å². The molecule has 3 aromatic rings. The number of phenolic OH excluding ortho intramolecular Hbond substituents is 1. The number of amides is 4. The molecule has 6 unspecified atom stereocenters. The maximum absolute atomic E-state index is 15.2. The summed E-state index contributed by atoms with van der Waals surface area (Å²) in [6.07, 6.45) is 2.33. The lowest BCUT2D eigenvalue weighted by atomic mass is 9.49. The summed E-state index contributed by atoms with van der Waals surface area (Å²) in [7, 11) is 2.79. The molecule has 48 heavy (non-hydrogen) atoms. The van der Waals surface area contributed by atoms with Crippen LogP contribution >= 0.6 is 11.6 Å². The van der Waals surface area contributed by atoms with E-state index in [9.17, 15) is 23.9 Å². The summed E-state index contributed by atoms with van der Waals surface area (Å²) in [5, 5.41) is 12.3. The van der Waals surface area contributed by atoms with Crippen molar-refractivity contribution in [3.05, 3.63) is 94.3 Å². The molecule has 0 bridgehead atoms. The van der Waals surface area contributed by atoms with Crippen LogP contribution in [0.25, 0.3) is 0 Å². The fourth-order valence-electron chi connectivity index (χ4n) is 8.49. The summed E-state index contributed by atoms with van der Waals surface area (Å²) in [4.78, 5) is 58.4. The zero-order chi connectivity index (χ0) is 34.1. The normalized spacial score (nSPS) is 27.8. The smallest absolute Gasteiger partial charge is 0.260 e. The Bertz CT molecular complexity index is 1860. The first-order valence-corrected chi connectivity index (χ1v) is 16.1. The van der Waals surface area contributed by atoms with Gasteiger partial charge in [-0.05, 0) is 85.3 Å². The standard InChI is InChI=1S/C36H33ClFN3O7/c1-4-40-32(43)24-14-13-23-25(29(24)34(40)45)17-26-33(44)41(39-22-11-9-21(38)10-12-22)35(46)36(26,19-5-7-20(37)8-6-19)30(23)18-15-27(47-2)31(42)28(16-18)48-3/h5-13,15-16,24-26,29-30,39,42H,4,14,17H2,1-3H3. The van der Waals surface area contributed by atoms with Gasteiger partial charge in [0, 0.05) is 17.5 Å². The number of likely N-dealkylation sites (tertiary alicyclic amines) is 1. The highest BCUT2D eigenvalue weighted by Crippen LogP contribution is 2.64. The molecule has 2 N–H and O–H groups in total. The third-order valence-corrected chi connectivity index (χ3v) is 10.8. The number of allylic oxidation sites excluding steroid dienone is 2. The van der Waals surface area contributed by atoms with Crippen molar-refractivity contribution in [2.45, 2.75) is 31.1 Å². The first-order valence-electron chi connectivity index (χ1n) is 15.7. The van der Waals surface area contributed by atoms with Crippen LogP contribution in [0.4, 0.5) is 10.1 Å². The largest absolute Gasteiger partial charge is 0.502 e. The Morgan fingerprint density at radius 3 is 2.19 bits per heavy atom. The Morgan fingerprint density at radius 2 is 1.58 bits per heavy atom. The van der Waals surface area contributed by atoms with E-state index in [0.29, 0.717) is 21.8 Å². The number of aromatic hydroxyl groups is 1. The lowest BCUT2D eigenvalue weighted by Gasteiger charge is -2.50. The van der Waals surface area contributed by atoms with Crippen LogP contribution in [0, 0.1) is 29.5 Å². The molecular formula is C36H33ClFN3O7. The number of rotatable bonds is 7. The van der Waals surface area contributed by atoms with Crippen LogP contribution in [-0.2, 0) is 24.6 Å². The van der Waals surface area contributed by atoms with Crippen molar-refractivity contribution in [2.75, 3.05) is 26.2 Å². The minimum atomic E-state index is -1.58. The molecule has 2 aliphatic carbocycles. The Balaban J connectivity index is 1.50. The number of hydrogen-bond donors (Lipinski definition) is 2. The van der Waals surface area contributed by atoms with Crippen molar-refractivity contribution in [3.63, 3.8) is 0 Å². The minimum Gasteiger partial charge on any atom is -0.502 e. The molecule has 2 heterocycles. The van der Waals surface area contributed by atoms with Gasteiger partial charge in [-0.1, -0.05) is 35.4 Å². The van der Waals surface area contributed by atoms with Crippen LogP contribution in [0.2, 0.25) is 5.02 Å². The first kappa shape index (κ1) is 31.7. The Labute approximate surface area is 281 Å². The highest BCUT2D eigenvalue weighted by Gasteiger charge is 2.70. The van der Waals surface area contributed by atoms with Crippen molar-refractivity contribution in [2.24, 2.45) is 23.7 Å². The summed E-state index contributed by atoms with van der Waals surface area (Å²) >= 11 is 6.33. The average Bonchev–Trinajstić information content (AvgIpc) is 3.46. The van der Waals surface area contributed by atoms with E-state index in [1.54, 1.807) is 43.3 Å². The zero-order valence-electron chi connectivity index (χ0n) is 26.4. The van der Waals surface area contributed by atoms with Gasteiger partial charge in [-0.3, -0.25) is 29.5 Å². The highest BCUT2D eigenvalue weighted by atomic mass is 35.5. The van der Waals surface area contributed by atoms with Crippen LogP contribution < -0.4 is 14.9 Å². The summed E-state index contributed by atoms with van der Waals surface area (Å²) in [6, 6.07) is 15.3. The molecule has 10 nitrogen and oxygen atoms in total. The van der Waals surface area contributed by atoms with Crippen molar-refractivity contribution in [1.82, 2.24) is 9.91 Å². The third-order valence-electron chi connectivity index (χ3n) is 10.5. The number of hydrazine groups is 1. The van der Waals surface area contributed by atoms with Crippen molar-refractivity contribution in [3.8, 4) is 17.2 Å². The highest BCUT2D eigenvalue weighted by molar-refractivity contribution is 6.30. The molecule has 3 aromatic carbocycles. The summed E-state index contributed by atoms with van der Waals surface area (Å²) in [5.74, 6) is -5.91. The average molecular weight is 674 g/mol. The number of carbonyl (C=O) groups excluding carboxylic acids is 4. The number of benzene rings is 3. The number of hydrogen-bond acceptors (Lipinski definition) is 8. The van der Waals surface area contributed by atoms with E-state index in [2.05, 4.69) is 5.43 Å². The number of nitrogens with zero attached hydrogens (tertiary/aromatic N) is 2. The van der Waals surface area contributed by atoms with E-state index in [0.717, 1.165) is 10.6 Å². The zero-order valence-corrected chi connectivity index (χ0v) is 27.2. The quantitative estimate of drug-likeness (QED) is 0.259. The Morgan fingerprint density at radius 1 is 0.938 bits per heavy atom. The molecular weight excluding hydrogens is 641 g/mol. The van der Waals surface area contributed by atoms with E-state index in [1.165, 1.54) is 43.4 Å². The lowest BCUT2D eigenvalue weighted by molar-refractivity contribution is -0.141. The van der Waals surface area contributed by atoms with E-state index in [1.807, 2.05) is 6.08 Å². The van der Waals surface area contributed by atoms with Gasteiger partial charge in [0.1, 0.15) is 5.82 Å². The van der Waals surface area contributed by atoms with E-state index < -0.39 is 52.6 Å². The summed E-state index contributed by atoms with van der Waals surface area (Å²) < 4.78 is 24.9. The molecule has 2 saturated heterocycles. The van der Waals surface area contributed by atoms with Crippen molar-refractivity contribution >= 4 is 40.9 Å². The molecule has 4 amide bonds. The monoisotopic (exact) mass is 673 g/mol. The number of fused-ring (bicyclic) bond motifs is 4. The second kappa shape index (κ2) is 11.7. The molecule has 0 radical (unpaired) electrons. The van der Waals surface area contributed by atoms with E-state index >= 15 is 4.79 Å². The lowest BCUT2D eigenvalue weighted by Crippen LogP contribution is -2.53. The Hall–Kier alpha value is -4.90. The van der Waals surface area contributed by atoms with Crippen LogP contribution in [0.1, 0.15) is 36.8 Å². The maximum Gasteiger partial charge on any atom is 0.260 e. The molecule has 248 valence electrons. The predicted molar refractivity (Wildman–Crippen MR) is 173 cm³/mol. The minimum absolute atomic E-state index is 0.0888. The number of carbonyl (C=O) groups is 4. The number of anilines is 1. The van der Waals surface area contributed by atoms with Gasteiger partial charge < -0.3 is 14.6 Å². The molecule has 12 heteroatoms. The SMILES string of the molecule is CCN1C(=O)C2CC=C3C(CC4C(=O)N(Nc5ccc(F)cc5)C(=O)C4(c4ccc(Cl)cc4)C3c3cc(OC)c(O)c(OC)c3)C2C1=O. The van der Waals surface area contributed by atoms with Crippen LogP contribution in [0.15, 0.2) is 72.3 Å². The molecule has 3 fully saturated rings. The maximum atomic E-state index is 15.2. The fraction of sp³-hybridized carbons (Fsp3) is 0.333. The van der Waals surface area contributed by atoms with Gasteiger partial charge in [-0.25, -0.2) is 4.39 Å². The van der Waals surface area contributed by atoms with Crippen molar-refractivity contribution in [1.29, 1.82) is 0 Å². The first-order chi connectivity index (χ1) is 23.1. The van der Waals surface area contributed by atoms with E-state index in [-0.39, 0.29) is 48.4 Å². The third kappa shape index (κ3) is 4.43. The topological polar surface area (TPSA) is 125 Å². The number of phenols is 1. The number of halogens is 2. The summed E-state index contributed by atoms with van der Waals surface area (Å²) in [6.45, 7) is 1.98. The molecule has 0 spiro atoms. The number of ether oxygens (including phenoxy) is 2. The second-order valence-corrected chi connectivity index (χ2v) is 13.0. The molecule has 0 aromatic heterocycles. The fourth-order valence-corrected chi connectivity index (χ4v) is 8.61. The van der Waals surface area contributed by atoms with E-state index in [4.69, 9.17) is 21.1 Å². The molecule has 2 aliphatic heterocycles. The summed E-state index contributed by atoms with van der Waals surface area (Å²) in [5.41, 5.74) is 3.42. The molecule has 4 aliphatic rings.